The van der Waals surface area contributed by atoms with E-state index in [-0.39, 0.29) is 6.04 Å². The second kappa shape index (κ2) is 5.65. The highest BCUT2D eigenvalue weighted by Gasteiger charge is 2.28. The van der Waals surface area contributed by atoms with E-state index in [0.29, 0.717) is 5.17 Å². The van der Waals surface area contributed by atoms with Gasteiger partial charge in [-0.3, -0.25) is 4.99 Å². The Morgan fingerprint density at radius 3 is 2.67 bits per heavy atom. The smallest absolute Gasteiger partial charge is 0.361 e. The summed E-state index contributed by atoms with van der Waals surface area (Å²) >= 11 is 1.35. The van der Waals surface area contributed by atoms with Crippen LogP contribution in [-0.2, 0) is 6.42 Å². The van der Waals surface area contributed by atoms with Crippen molar-refractivity contribution in [3.63, 3.8) is 0 Å². The molecule has 0 radical (unpaired) electrons. The summed E-state index contributed by atoms with van der Waals surface area (Å²) in [6.45, 7) is -1.11. The van der Waals surface area contributed by atoms with Crippen molar-refractivity contribution in [1.29, 1.82) is 0 Å². The summed E-state index contributed by atoms with van der Waals surface area (Å²) in [6.07, 6.45) is -3.42. The molecule has 2 rings (SSSR count). The molecular formula is C12H13F3N2S. The van der Waals surface area contributed by atoms with E-state index in [1.54, 1.807) is 0 Å². The maximum Gasteiger partial charge on any atom is 0.408 e. The summed E-state index contributed by atoms with van der Waals surface area (Å²) in [6, 6.07) is 10.0. The lowest BCUT2D eigenvalue weighted by Crippen LogP contribution is -2.29. The number of benzene rings is 1. The lowest BCUT2D eigenvalue weighted by Gasteiger charge is -2.09. The van der Waals surface area contributed by atoms with Gasteiger partial charge in [-0.25, -0.2) is 0 Å². The number of nitrogens with zero attached hydrogens (tertiary/aromatic N) is 1. The van der Waals surface area contributed by atoms with E-state index in [9.17, 15) is 13.2 Å². The Morgan fingerprint density at radius 1 is 1.28 bits per heavy atom. The van der Waals surface area contributed by atoms with Crippen LogP contribution in [0, 0.1) is 0 Å². The summed E-state index contributed by atoms with van der Waals surface area (Å²) in [5, 5.41) is 3.42. The van der Waals surface area contributed by atoms with Crippen molar-refractivity contribution >= 4 is 16.9 Å². The number of hydrogen-bond acceptors (Lipinski definition) is 2. The van der Waals surface area contributed by atoms with Crippen LogP contribution in [0.2, 0.25) is 0 Å². The predicted molar refractivity (Wildman–Crippen MR) is 67.9 cm³/mol. The van der Waals surface area contributed by atoms with Crippen molar-refractivity contribution in [2.24, 2.45) is 4.99 Å². The van der Waals surface area contributed by atoms with Crippen LogP contribution in [0.1, 0.15) is 5.56 Å². The maximum atomic E-state index is 12.0. The van der Waals surface area contributed by atoms with E-state index in [1.165, 1.54) is 17.3 Å². The zero-order valence-corrected chi connectivity index (χ0v) is 10.4. The Hall–Kier alpha value is -1.17. The number of aliphatic imine (C=N–C) groups is 1. The van der Waals surface area contributed by atoms with E-state index in [4.69, 9.17) is 0 Å². The first kappa shape index (κ1) is 13.3. The summed E-state index contributed by atoms with van der Waals surface area (Å²) in [5.74, 6) is 0.756. The number of halogens is 3. The van der Waals surface area contributed by atoms with Crippen LogP contribution >= 0.6 is 11.8 Å². The molecule has 1 aliphatic rings. The van der Waals surface area contributed by atoms with Gasteiger partial charge in [0.15, 0.2) is 5.17 Å². The molecule has 98 valence electrons. The van der Waals surface area contributed by atoms with Gasteiger partial charge in [0.1, 0.15) is 6.54 Å². The van der Waals surface area contributed by atoms with Crippen molar-refractivity contribution in [1.82, 2.24) is 5.32 Å². The number of thioether (sulfide) groups is 1. The van der Waals surface area contributed by atoms with Gasteiger partial charge < -0.3 is 5.32 Å². The van der Waals surface area contributed by atoms with Crippen LogP contribution in [0.4, 0.5) is 13.2 Å². The number of nitrogens with one attached hydrogen (secondary N) is 1. The molecule has 1 unspecified atom stereocenters. The topological polar surface area (TPSA) is 24.4 Å². The highest BCUT2D eigenvalue weighted by atomic mass is 32.2. The normalized spacial score (nSPS) is 22.2. The zero-order valence-electron chi connectivity index (χ0n) is 9.57. The fourth-order valence-electron chi connectivity index (χ4n) is 1.70. The zero-order chi connectivity index (χ0) is 13.0. The Labute approximate surface area is 108 Å². The quantitative estimate of drug-likeness (QED) is 0.916. The molecule has 0 bridgehead atoms. The second-order valence-corrected chi connectivity index (χ2v) is 5.09. The van der Waals surface area contributed by atoms with Crippen LogP contribution in [0.25, 0.3) is 0 Å². The third-order valence-corrected chi connectivity index (χ3v) is 3.57. The molecule has 0 aromatic heterocycles. The van der Waals surface area contributed by atoms with E-state index in [0.717, 1.165) is 12.2 Å². The standard InChI is InChI=1S/C12H13F3N2S/c13-12(14,15)8-16-11-17-10(7-18-11)6-9-4-2-1-3-5-9/h1-5,10H,6-8H2,(H,16,17). The molecule has 0 spiro atoms. The van der Waals surface area contributed by atoms with E-state index < -0.39 is 12.7 Å². The number of amidine groups is 1. The fourth-order valence-corrected chi connectivity index (χ4v) is 2.66. The van der Waals surface area contributed by atoms with Crippen molar-refractivity contribution in [3.05, 3.63) is 35.9 Å². The lowest BCUT2D eigenvalue weighted by atomic mass is 10.1. The summed E-state index contributed by atoms with van der Waals surface area (Å²) in [7, 11) is 0. The fraction of sp³-hybridized carbons (Fsp3) is 0.417. The minimum atomic E-state index is -4.23. The van der Waals surface area contributed by atoms with Gasteiger partial charge in [0.2, 0.25) is 0 Å². The highest BCUT2D eigenvalue weighted by molar-refractivity contribution is 8.14. The Bertz CT molecular complexity index is 417. The number of hydrogen-bond donors (Lipinski definition) is 1. The van der Waals surface area contributed by atoms with Gasteiger partial charge in [-0.15, -0.1) is 0 Å². The van der Waals surface area contributed by atoms with Crippen LogP contribution in [0.15, 0.2) is 35.3 Å². The van der Waals surface area contributed by atoms with Gasteiger partial charge in [-0.2, -0.15) is 13.2 Å². The first-order valence-corrected chi connectivity index (χ1v) is 6.56. The average molecular weight is 274 g/mol. The van der Waals surface area contributed by atoms with Gasteiger partial charge in [-0.05, 0) is 12.0 Å². The molecule has 1 heterocycles. The van der Waals surface area contributed by atoms with Crippen molar-refractivity contribution < 1.29 is 13.2 Å². The van der Waals surface area contributed by atoms with Gasteiger partial charge in [-0.1, -0.05) is 42.1 Å². The van der Waals surface area contributed by atoms with Crippen molar-refractivity contribution in [2.45, 2.75) is 18.6 Å². The molecule has 0 aliphatic carbocycles. The highest BCUT2D eigenvalue weighted by Crippen LogP contribution is 2.20. The van der Waals surface area contributed by atoms with Crippen LogP contribution in [0.3, 0.4) is 0 Å². The Kier molecular flexibility index (Phi) is 4.16. The molecule has 1 saturated heterocycles. The third kappa shape index (κ3) is 4.25. The molecule has 2 nitrogen and oxygen atoms in total. The molecule has 1 fully saturated rings. The SMILES string of the molecule is FC(F)(F)CN=C1NC(Cc2ccccc2)CS1. The molecule has 1 aliphatic heterocycles. The first-order chi connectivity index (χ1) is 8.53. The molecular weight excluding hydrogens is 261 g/mol. The largest absolute Gasteiger partial charge is 0.408 e. The molecule has 18 heavy (non-hydrogen) atoms. The predicted octanol–water partition coefficient (Wildman–Crippen LogP) is 2.85. The van der Waals surface area contributed by atoms with E-state index >= 15 is 0 Å². The Morgan fingerprint density at radius 2 is 2.00 bits per heavy atom. The van der Waals surface area contributed by atoms with Gasteiger partial charge in [0, 0.05) is 11.8 Å². The minimum absolute atomic E-state index is 0.157. The average Bonchev–Trinajstić information content (AvgIpc) is 2.75. The monoisotopic (exact) mass is 274 g/mol. The third-order valence-electron chi connectivity index (χ3n) is 2.48. The van der Waals surface area contributed by atoms with E-state index in [1.807, 2.05) is 30.3 Å². The molecule has 1 aromatic carbocycles. The van der Waals surface area contributed by atoms with Crippen molar-refractivity contribution in [2.75, 3.05) is 12.3 Å². The molecule has 0 saturated carbocycles. The number of rotatable bonds is 3. The van der Waals surface area contributed by atoms with Crippen molar-refractivity contribution in [3.8, 4) is 0 Å². The van der Waals surface area contributed by atoms with E-state index in [2.05, 4.69) is 10.3 Å². The first-order valence-electron chi connectivity index (χ1n) is 5.57. The molecule has 6 heteroatoms. The summed E-state index contributed by atoms with van der Waals surface area (Å²) in [4.78, 5) is 3.53. The summed E-state index contributed by atoms with van der Waals surface area (Å²) < 4.78 is 36.0. The van der Waals surface area contributed by atoms with Crippen LogP contribution < -0.4 is 5.32 Å². The second-order valence-electron chi connectivity index (χ2n) is 4.08. The van der Waals surface area contributed by atoms with Gasteiger partial charge in [0.25, 0.3) is 0 Å². The lowest BCUT2D eigenvalue weighted by molar-refractivity contribution is -0.118. The molecule has 0 amide bonds. The van der Waals surface area contributed by atoms with Gasteiger partial charge in [0.05, 0.1) is 0 Å². The molecule has 1 N–H and O–H groups in total. The molecule has 1 aromatic rings. The minimum Gasteiger partial charge on any atom is -0.361 e. The summed E-state index contributed by atoms with van der Waals surface area (Å²) in [5.41, 5.74) is 1.17. The van der Waals surface area contributed by atoms with Gasteiger partial charge >= 0.3 is 6.18 Å². The maximum absolute atomic E-state index is 12.0. The van der Waals surface area contributed by atoms with Crippen LogP contribution in [0.5, 0.6) is 0 Å². The number of alkyl halides is 3. The van der Waals surface area contributed by atoms with Crippen LogP contribution in [-0.4, -0.2) is 29.7 Å². The Balaban J connectivity index is 1.85. The molecule has 1 atom stereocenters.